The fourth-order valence-corrected chi connectivity index (χ4v) is 6.34. The molecular weight excluding hydrogens is 384 g/mol. The Kier molecular flexibility index (Phi) is 7.40. The van der Waals surface area contributed by atoms with Crippen LogP contribution < -0.4 is 4.74 Å². The van der Waals surface area contributed by atoms with Crippen molar-refractivity contribution in [3.8, 4) is 11.5 Å². The van der Waals surface area contributed by atoms with Gasteiger partial charge >= 0.3 is 0 Å². The number of ether oxygens (including phenoxy) is 1. The zero-order valence-electron chi connectivity index (χ0n) is 19.5. The summed E-state index contributed by atoms with van der Waals surface area (Å²) in [6, 6.07) is 3.97. The van der Waals surface area contributed by atoms with Gasteiger partial charge in [0, 0.05) is 18.1 Å². The number of phenols is 1. The Bertz CT molecular complexity index is 809. The summed E-state index contributed by atoms with van der Waals surface area (Å²) in [5, 5.41) is 11.0. The fourth-order valence-electron chi connectivity index (χ4n) is 6.34. The standard InChI is InChI=1S/C28H40O3/c1-3-4-5-6-7-8-11-19(2)31-21-17-26-23-13-10-9-12-22(23)24-15-14-20(29)16-25(24)28(26)27(30)18-21/h16-19,22-24,30H,3-15H2,1-2H3/t19?,22-,23-,24+/m1/s1. The predicted octanol–water partition coefficient (Wildman–Crippen LogP) is 7.56. The summed E-state index contributed by atoms with van der Waals surface area (Å²) in [6.07, 6.45) is 17.4. The highest BCUT2D eigenvalue weighted by Crippen LogP contribution is 2.57. The van der Waals surface area contributed by atoms with Crippen molar-refractivity contribution in [1.82, 2.24) is 0 Å². The third kappa shape index (κ3) is 5.02. The van der Waals surface area contributed by atoms with Crippen LogP contribution in [0.15, 0.2) is 18.2 Å². The number of ketones is 1. The monoisotopic (exact) mass is 424 g/mol. The van der Waals surface area contributed by atoms with Gasteiger partial charge in [0.15, 0.2) is 5.78 Å². The fraction of sp³-hybridized carbons (Fsp3) is 0.679. The van der Waals surface area contributed by atoms with Crippen molar-refractivity contribution in [2.75, 3.05) is 0 Å². The van der Waals surface area contributed by atoms with Crippen molar-refractivity contribution >= 4 is 11.4 Å². The number of carbonyl (C=O) groups is 1. The minimum atomic E-state index is 0.151. The van der Waals surface area contributed by atoms with Crippen LogP contribution in [-0.4, -0.2) is 17.0 Å². The maximum absolute atomic E-state index is 12.2. The minimum Gasteiger partial charge on any atom is -0.507 e. The van der Waals surface area contributed by atoms with Crippen LogP contribution in [0.2, 0.25) is 0 Å². The van der Waals surface area contributed by atoms with Gasteiger partial charge in [-0.2, -0.15) is 0 Å². The maximum atomic E-state index is 12.2. The number of benzene rings is 1. The Morgan fingerprint density at radius 3 is 2.65 bits per heavy atom. The molecule has 0 spiro atoms. The number of unbranched alkanes of at least 4 members (excludes halogenated alkanes) is 5. The number of aromatic hydroxyl groups is 1. The third-order valence-corrected chi connectivity index (χ3v) is 7.87. The van der Waals surface area contributed by atoms with Gasteiger partial charge in [-0.05, 0) is 80.1 Å². The number of rotatable bonds is 9. The molecule has 1 unspecified atom stereocenters. The first kappa shape index (κ1) is 22.4. The Morgan fingerprint density at radius 1 is 1.03 bits per heavy atom. The first-order valence-electron chi connectivity index (χ1n) is 12.9. The van der Waals surface area contributed by atoms with Gasteiger partial charge in [-0.1, -0.05) is 51.9 Å². The van der Waals surface area contributed by atoms with Gasteiger partial charge in [-0.25, -0.2) is 0 Å². The quantitative estimate of drug-likeness (QED) is 0.416. The lowest BCUT2D eigenvalue weighted by Gasteiger charge is -2.45. The van der Waals surface area contributed by atoms with Gasteiger partial charge in [0.05, 0.1) is 6.10 Å². The smallest absolute Gasteiger partial charge is 0.156 e. The lowest BCUT2D eigenvalue weighted by molar-refractivity contribution is -0.115. The van der Waals surface area contributed by atoms with Crippen molar-refractivity contribution in [3.05, 3.63) is 29.3 Å². The Balaban J connectivity index is 1.50. The number of allylic oxidation sites excluding steroid dienone is 2. The second-order valence-corrected chi connectivity index (χ2v) is 10.2. The lowest BCUT2D eigenvalue weighted by atomic mass is 9.59. The average Bonchev–Trinajstić information content (AvgIpc) is 2.76. The van der Waals surface area contributed by atoms with E-state index in [0.717, 1.165) is 29.7 Å². The summed E-state index contributed by atoms with van der Waals surface area (Å²) >= 11 is 0. The van der Waals surface area contributed by atoms with E-state index in [1.165, 1.54) is 69.8 Å². The molecule has 0 aliphatic heterocycles. The van der Waals surface area contributed by atoms with E-state index in [-0.39, 0.29) is 11.9 Å². The van der Waals surface area contributed by atoms with Crippen LogP contribution in [0.4, 0.5) is 0 Å². The topological polar surface area (TPSA) is 46.5 Å². The predicted molar refractivity (Wildman–Crippen MR) is 127 cm³/mol. The second kappa shape index (κ2) is 10.2. The molecule has 3 nitrogen and oxygen atoms in total. The summed E-state index contributed by atoms with van der Waals surface area (Å²) in [4.78, 5) is 12.2. The highest BCUT2D eigenvalue weighted by Gasteiger charge is 2.43. The molecule has 0 radical (unpaired) electrons. The van der Waals surface area contributed by atoms with Crippen LogP contribution in [0.3, 0.4) is 0 Å². The zero-order valence-corrected chi connectivity index (χ0v) is 19.5. The molecule has 1 aromatic carbocycles. The summed E-state index contributed by atoms with van der Waals surface area (Å²) in [5.41, 5.74) is 3.26. The number of hydrogen-bond donors (Lipinski definition) is 1. The SMILES string of the molecule is CCCCCCCCC(C)Oc1cc(O)c2c(c1)[C@@H]1CCCC[C@H]1[C@@H]1CCC(=O)C=C21. The van der Waals surface area contributed by atoms with E-state index < -0.39 is 0 Å². The second-order valence-electron chi connectivity index (χ2n) is 10.2. The van der Waals surface area contributed by atoms with Crippen molar-refractivity contribution in [2.24, 2.45) is 11.8 Å². The molecule has 0 aromatic heterocycles. The molecule has 3 aliphatic carbocycles. The molecule has 1 fully saturated rings. The molecule has 1 saturated carbocycles. The molecule has 1 N–H and O–H groups in total. The van der Waals surface area contributed by atoms with Gasteiger partial charge in [0.2, 0.25) is 0 Å². The van der Waals surface area contributed by atoms with E-state index in [4.69, 9.17) is 4.74 Å². The first-order valence-corrected chi connectivity index (χ1v) is 12.9. The van der Waals surface area contributed by atoms with Gasteiger partial charge < -0.3 is 9.84 Å². The summed E-state index contributed by atoms with van der Waals surface area (Å²) < 4.78 is 6.28. The maximum Gasteiger partial charge on any atom is 0.156 e. The molecule has 3 heteroatoms. The van der Waals surface area contributed by atoms with Crippen molar-refractivity contribution in [3.63, 3.8) is 0 Å². The molecule has 0 bridgehead atoms. The van der Waals surface area contributed by atoms with Crippen LogP contribution in [-0.2, 0) is 4.79 Å². The van der Waals surface area contributed by atoms with E-state index in [0.29, 0.717) is 29.9 Å². The molecule has 1 aromatic rings. The molecule has 31 heavy (non-hydrogen) atoms. The lowest BCUT2D eigenvalue weighted by Crippen LogP contribution is -2.33. The number of hydrogen-bond acceptors (Lipinski definition) is 3. The molecule has 0 heterocycles. The van der Waals surface area contributed by atoms with Gasteiger partial charge in [0.1, 0.15) is 11.5 Å². The molecule has 3 aliphatic rings. The number of phenolic OH excluding ortho intramolecular Hbond substituents is 1. The van der Waals surface area contributed by atoms with Crippen LogP contribution in [0.25, 0.3) is 5.57 Å². The molecule has 4 atom stereocenters. The molecule has 0 saturated heterocycles. The van der Waals surface area contributed by atoms with Crippen LogP contribution >= 0.6 is 0 Å². The normalized spacial score (nSPS) is 25.8. The summed E-state index contributed by atoms with van der Waals surface area (Å²) in [7, 11) is 0. The van der Waals surface area contributed by atoms with Crippen LogP contribution in [0.1, 0.15) is 114 Å². The van der Waals surface area contributed by atoms with E-state index in [9.17, 15) is 9.90 Å². The molecular formula is C28H40O3. The summed E-state index contributed by atoms with van der Waals surface area (Å²) in [5.74, 6) is 2.83. The van der Waals surface area contributed by atoms with E-state index in [2.05, 4.69) is 19.9 Å². The van der Waals surface area contributed by atoms with Crippen molar-refractivity contribution < 1.29 is 14.6 Å². The summed E-state index contributed by atoms with van der Waals surface area (Å²) in [6.45, 7) is 4.40. The minimum absolute atomic E-state index is 0.151. The Labute approximate surface area is 188 Å². The number of fused-ring (bicyclic) bond motifs is 6. The van der Waals surface area contributed by atoms with Crippen molar-refractivity contribution in [2.45, 2.75) is 109 Å². The largest absolute Gasteiger partial charge is 0.507 e. The van der Waals surface area contributed by atoms with Gasteiger partial charge in [0.25, 0.3) is 0 Å². The highest BCUT2D eigenvalue weighted by molar-refractivity contribution is 6.00. The van der Waals surface area contributed by atoms with E-state index >= 15 is 0 Å². The van der Waals surface area contributed by atoms with E-state index in [1.54, 1.807) is 6.07 Å². The zero-order chi connectivity index (χ0) is 21.8. The molecule has 4 rings (SSSR count). The third-order valence-electron chi connectivity index (χ3n) is 7.87. The van der Waals surface area contributed by atoms with Gasteiger partial charge in [-0.3, -0.25) is 4.79 Å². The van der Waals surface area contributed by atoms with Gasteiger partial charge in [-0.15, -0.1) is 0 Å². The Morgan fingerprint density at radius 2 is 1.81 bits per heavy atom. The molecule has 0 amide bonds. The van der Waals surface area contributed by atoms with Crippen LogP contribution in [0.5, 0.6) is 11.5 Å². The van der Waals surface area contributed by atoms with Crippen LogP contribution in [0, 0.1) is 11.8 Å². The average molecular weight is 425 g/mol. The van der Waals surface area contributed by atoms with E-state index in [1.807, 2.05) is 6.08 Å². The van der Waals surface area contributed by atoms with Crippen molar-refractivity contribution in [1.29, 1.82) is 0 Å². The first-order chi connectivity index (χ1) is 15.1. The Hall–Kier alpha value is -1.77. The highest BCUT2D eigenvalue weighted by atomic mass is 16.5. The number of carbonyl (C=O) groups excluding carboxylic acids is 1. The molecule has 170 valence electrons.